The van der Waals surface area contributed by atoms with Gasteiger partial charge in [0.05, 0.1) is 10.4 Å². The van der Waals surface area contributed by atoms with Gasteiger partial charge in [-0.3, -0.25) is 15.1 Å². The predicted molar refractivity (Wildman–Crippen MR) is 70.6 cm³/mol. The molecule has 0 unspecified atom stereocenters. The first-order valence-corrected chi connectivity index (χ1v) is 6.45. The number of nitrogens with zero attached hydrogens (tertiary/aromatic N) is 2. The van der Waals surface area contributed by atoms with Crippen LogP contribution in [0.2, 0.25) is 0 Å². The fourth-order valence-electron chi connectivity index (χ4n) is 1.66. The topological polar surface area (TPSA) is 68.1 Å². The number of rotatable bonds is 6. The highest BCUT2D eigenvalue weighted by molar-refractivity contribution is 7.09. The number of benzene rings is 1. The smallest absolute Gasteiger partial charge is 0.272 e. The van der Waals surface area contributed by atoms with E-state index in [2.05, 4.69) is 10.3 Å². The van der Waals surface area contributed by atoms with E-state index in [0.717, 1.165) is 17.0 Å². The molecule has 0 aliphatic rings. The number of nitrogens with one attached hydrogen (secondary N) is 1. The Labute approximate surface area is 109 Å². The van der Waals surface area contributed by atoms with Gasteiger partial charge in [0.2, 0.25) is 0 Å². The van der Waals surface area contributed by atoms with Gasteiger partial charge in [0.1, 0.15) is 0 Å². The number of hydrogen-bond acceptors (Lipinski definition) is 5. The zero-order chi connectivity index (χ0) is 12.8. The normalized spacial score (nSPS) is 10.4. The van der Waals surface area contributed by atoms with Crippen molar-refractivity contribution in [2.45, 2.75) is 13.0 Å². The van der Waals surface area contributed by atoms with E-state index >= 15 is 0 Å². The van der Waals surface area contributed by atoms with Crippen LogP contribution in [0.25, 0.3) is 0 Å². The minimum atomic E-state index is -0.335. The zero-order valence-electron chi connectivity index (χ0n) is 9.70. The third-order valence-electron chi connectivity index (χ3n) is 2.54. The molecule has 0 saturated carbocycles. The summed E-state index contributed by atoms with van der Waals surface area (Å²) in [5.41, 5.74) is 2.75. The molecular formula is C12H13N3O2S. The van der Waals surface area contributed by atoms with Crippen molar-refractivity contribution in [2.24, 2.45) is 0 Å². The van der Waals surface area contributed by atoms with E-state index in [1.165, 1.54) is 0 Å². The summed E-state index contributed by atoms with van der Waals surface area (Å²) in [4.78, 5) is 15.6. The van der Waals surface area contributed by atoms with Gasteiger partial charge in [-0.05, 0) is 13.0 Å². The summed E-state index contributed by atoms with van der Waals surface area (Å²) in [6.45, 7) is 1.47. The monoisotopic (exact) mass is 263 g/mol. The van der Waals surface area contributed by atoms with Gasteiger partial charge in [-0.1, -0.05) is 18.2 Å². The highest BCUT2D eigenvalue weighted by Crippen LogP contribution is 2.17. The van der Waals surface area contributed by atoms with E-state index in [0.29, 0.717) is 13.0 Å². The molecule has 0 aliphatic heterocycles. The molecule has 18 heavy (non-hydrogen) atoms. The lowest BCUT2D eigenvalue weighted by atomic mass is 10.1. The Bertz CT molecular complexity index is 514. The Morgan fingerprint density at radius 1 is 1.39 bits per heavy atom. The van der Waals surface area contributed by atoms with Crippen molar-refractivity contribution in [2.75, 3.05) is 6.54 Å². The highest BCUT2D eigenvalue weighted by atomic mass is 32.1. The average Bonchev–Trinajstić information content (AvgIpc) is 2.88. The number of para-hydroxylation sites is 1. The van der Waals surface area contributed by atoms with E-state index in [4.69, 9.17) is 0 Å². The van der Waals surface area contributed by atoms with Crippen LogP contribution in [0.1, 0.15) is 10.4 Å². The quantitative estimate of drug-likeness (QED) is 0.493. The van der Waals surface area contributed by atoms with Gasteiger partial charge in [-0.25, -0.2) is 0 Å². The van der Waals surface area contributed by atoms with Gasteiger partial charge in [-0.15, -0.1) is 11.3 Å². The van der Waals surface area contributed by atoms with Crippen LogP contribution in [0.4, 0.5) is 5.69 Å². The molecule has 6 heteroatoms. The molecule has 0 atom stereocenters. The second-order valence-electron chi connectivity index (χ2n) is 3.78. The van der Waals surface area contributed by atoms with Crippen LogP contribution in [0.15, 0.2) is 36.0 Å². The molecule has 1 aromatic heterocycles. The Hall–Kier alpha value is -1.79. The first kappa shape index (κ1) is 12.7. The third-order valence-corrected chi connectivity index (χ3v) is 3.32. The molecule has 0 bridgehead atoms. The molecule has 5 nitrogen and oxygen atoms in total. The first-order valence-electron chi connectivity index (χ1n) is 5.58. The number of hydrogen-bond donors (Lipinski definition) is 1. The minimum Gasteiger partial charge on any atom is -0.311 e. The SMILES string of the molecule is O=[N+]([O-])c1ccccc1CCNCc1cncs1. The maximum Gasteiger partial charge on any atom is 0.272 e. The third kappa shape index (κ3) is 3.35. The van der Waals surface area contributed by atoms with Gasteiger partial charge in [-0.2, -0.15) is 0 Å². The van der Waals surface area contributed by atoms with Gasteiger partial charge >= 0.3 is 0 Å². The van der Waals surface area contributed by atoms with Crippen LogP contribution in [-0.2, 0) is 13.0 Å². The molecule has 0 saturated heterocycles. The van der Waals surface area contributed by atoms with Crippen LogP contribution >= 0.6 is 11.3 Å². The van der Waals surface area contributed by atoms with E-state index in [9.17, 15) is 10.1 Å². The van der Waals surface area contributed by atoms with Crippen molar-refractivity contribution in [1.29, 1.82) is 0 Å². The number of aromatic nitrogens is 1. The highest BCUT2D eigenvalue weighted by Gasteiger charge is 2.11. The van der Waals surface area contributed by atoms with Gasteiger partial charge in [0.15, 0.2) is 0 Å². The second kappa shape index (κ2) is 6.23. The van der Waals surface area contributed by atoms with Gasteiger partial charge in [0, 0.05) is 29.2 Å². The molecule has 0 spiro atoms. The summed E-state index contributed by atoms with van der Waals surface area (Å²) in [7, 11) is 0. The van der Waals surface area contributed by atoms with Crippen LogP contribution in [0, 0.1) is 10.1 Å². The average molecular weight is 263 g/mol. The molecule has 0 aliphatic carbocycles. The van der Waals surface area contributed by atoms with Gasteiger partial charge < -0.3 is 5.32 Å². The fourth-order valence-corrected chi connectivity index (χ4v) is 2.23. The first-order chi connectivity index (χ1) is 8.77. The van der Waals surface area contributed by atoms with Crippen molar-refractivity contribution >= 4 is 17.0 Å². The molecule has 1 N–H and O–H groups in total. The largest absolute Gasteiger partial charge is 0.311 e. The van der Waals surface area contributed by atoms with Crippen molar-refractivity contribution < 1.29 is 4.92 Å². The lowest BCUT2D eigenvalue weighted by Crippen LogP contribution is -2.16. The molecule has 0 radical (unpaired) electrons. The molecule has 2 aromatic rings. The Kier molecular flexibility index (Phi) is 4.38. The lowest BCUT2D eigenvalue weighted by Gasteiger charge is -2.04. The van der Waals surface area contributed by atoms with E-state index in [-0.39, 0.29) is 10.6 Å². The van der Waals surface area contributed by atoms with E-state index in [1.54, 1.807) is 35.0 Å². The molecule has 94 valence electrons. The Morgan fingerprint density at radius 2 is 2.22 bits per heavy atom. The number of nitro groups is 1. The summed E-state index contributed by atoms with van der Waals surface area (Å²) in [6, 6.07) is 6.85. The fraction of sp³-hybridized carbons (Fsp3) is 0.250. The van der Waals surface area contributed by atoms with Crippen molar-refractivity contribution in [1.82, 2.24) is 10.3 Å². The lowest BCUT2D eigenvalue weighted by molar-refractivity contribution is -0.385. The standard InChI is InChI=1S/C12H13N3O2S/c16-15(17)12-4-2-1-3-10(12)5-6-13-7-11-8-14-9-18-11/h1-4,8-9,13H,5-7H2. The zero-order valence-corrected chi connectivity index (χ0v) is 10.5. The molecule has 0 amide bonds. The minimum absolute atomic E-state index is 0.192. The molecular weight excluding hydrogens is 250 g/mol. The van der Waals surface area contributed by atoms with Crippen LogP contribution in [0.5, 0.6) is 0 Å². The summed E-state index contributed by atoms with van der Waals surface area (Å²) in [5.74, 6) is 0. The summed E-state index contributed by atoms with van der Waals surface area (Å²) in [5, 5.41) is 14.1. The number of nitro benzene ring substituents is 1. The molecule has 0 fully saturated rings. The molecule has 2 rings (SSSR count). The second-order valence-corrected chi connectivity index (χ2v) is 4.75. The van der Waals surface area contributed by atoms with Crippen molar-refractivity contribution in [3.63, 3.8) is 0 Å². The van der Waals surface area contributed by atoms with E-state index < -0.39 is 0 Å². The maximum absolute atomic E-state index is 10.8. The van der Waals surface area contributed by atoms with Gasteiger partial charge in [0.25, 0.3) is 5.69 Å². The predicted octanol–water partition coefficient (Wildman–Crippen LogP) is 2.38. The van der Waals surface area contributed by atoms with Crippen LogP contribution in [-0.4, -0.2) is 16.5 Å². The van der Waals surface area contributed by atoms with Crippen LogP contribution in [0.3, 0.4) is 0 Å². The summed E-state index contributed by atoms with van der Waals surface area (Å²) >= 11 is 1.60. The maximum atomic E-state index is 10.8. The van der Waals surface area contributed by atoms with Crippen molar-refractivity contribution in [3.05, 3.63) is 56.5 Å². The molecule has 1 heterocycles. The summed E-state index contributed by atoms with van der Waals surface area (Å²) < 4.78 is 0. The Balaban J connectivity index is 1.85. The van der Waals surface area contributed by atoms with Crippen LogP contribution < -0.4 is 5.32 Å². The van der Waals surface area contributed by atoms with E-state index in [1.807, 2.05) is 12.3 Å². The molecule has 1 aromatic carbocycles. The number of thiazole rings is 1. The summed E-state index contributed by atoms with van der Waals surface area (Å²) in [6.07, 6.45) is 2.47. The Morgan fingerprint density at radius 3 is 2.94 bits per heavy atom. The van der Waals surface area contributed by atoms with Crippen molar-refractivity contribution in [3.8, 4) is 0 Å².